The number of nitrogens with zero attached hydrogens (tertiary/aromatic N) is 2. The second-order valence-electron chi connectivity index (χ2n) is 10.8. The zero-order valence-corrected chi connectivity index (χ0v) is 24.8. The molecule has 0 spiro atoms. The number of ether oxygens (including phenoxy) is 1. The van der Waals surface area contributed by atoms with E-state index in [1.165, 1.54) is 57.8 Å². The Bertz CT molecular complexity index is 1230. The zero-order chi connectivity index (χ0) is 29.5. The Kier molecular flexibility index (Phi) is 13.4. The quantitative estimate of drug-likeness (QED) is 0.127. The Balaban J connectivity index is 1.58. The summed E-state index contributed by atoms with van der Waals surface area (Å²) in [6.45, 7) is 6.74. The molecule has 3 aromatic rings. The van der Waals surface area contributed by atoms with Crippen LogP contribution in [0, 0.1) is 5.92 Å². The fourth-order valence-corrected chi connectivity index (χ4v) is 4.68. The Hall–Kier alpha value is -3.68. The van der Waals surface area contributed by atoms with Crippen molar-refractivity contribution in [1.82, 2.24) is 15.3 Å². The number of fused-ring (bicyclic) bond motifs is 1. The van der Waals surface area contributed by atoms with Crippen molar-refractivity contribution >= 4 is 28.7 Å². The standard InChI is InChI=1S/C33H46N4O4/c1-4-6-7-8-9-10-11-12-13-16-23-34-30-32(36-28-18-15-14-17-27(28)35-30)41-26-21-19-25(20-22-26)31(38)37-29(33(39)40)24(3)5-2/h14-15,17-22,24,29H,4-13,16,23H2,1-3H3,(H,34,35)(H,37,38)(H,39,40)/t24-,29+/m1/s1. The predicted molar refractivity (Wildman–Crippen MR) is 165 cm³/mol. The molecule has 1 aromatic heterocycles. The third kappa shape index (κ3) is 10.3. The van der Waals surface area contributed by atoms with Crippen molar-refractivity contribution in [3.8, 4) is 11.6 Å². The largest absolute Gasteiger partial charge is 0.480 e. The molecular weight excluding hydrogens is 516 g/mol. The lowest BCUT2D eigenvalue weighted by Crippen LogP contribution is -2.45. The van der Waals surface area contributed by atoms with Gasteiger partial charge in [-0.2, -0.15) is 0 Å². The van der Waals surface area contributed by atoms with E-state index in [-0.39, 0.29) is 5.92 Å². The number of carboxylic acid groups (broad SMARTS) is 1. The van der Waals surface area contributed by atoms with Crippen molar-refractivity contribution in [3.63, 3.8) is 0 Å². The molecule has 3 rings (SSSR count). The van der Waals surface area contributed by atoms with Crippen LogP contribution < -0.4 is 15.4 Å². The molecule has 0 saturated heterocycles. The number of rotatable bonds is 19. The van der Waals surface area contributed by atoms with E-state index >= 15 is 0 Å². The fraction of sp³-hybridized carbons (Fsp3) is 0.515. The van der Waals surface area contributed by atoms with Crippen LogP contribution in [0.4, 0.5) is 5.82 Å². The van der Waals surface area contributed by atoms with Crippen LogP contribution in [0.3, 0.4) is 0 Å². The van der Waals surface area contributed by atoms with Gasteiger partial charge in [0.1, 0.15) is 11.8 Å². The Morgan fingerprint density at radius 2 is 1.41 bits per heavy atom. The molecular formula is C33H46N4O4. The summed E-state index contributed by atoms with van der Waals surface area (Å²) in [4.78, 5) is 33.7. The number of aliphatic carboxylic acids is 1. The summed E-state index contributed by atoms with van der Waals surface area (Å²) < 4.78 is 6.12. The minimum absolute atomic E-state index is 0.184. The van der Waals surface area contributed by atoms with Gasteiger partial charge in [0, 0.05) is 12.1 Å². The highest BCUT2D eigenvalue weighted by molar-refractivity contribution is 5.96. The number of benzene rings is 2. The van der Waals surface area contributed by atoms with Crippen molar-refractivity contribution in [1.29, 1.82) is 0 Å². The van der Waals surface area contributed by atoms with Crippen LogP contribution in [0.25, 0.3) is 11.0 Å². The molecule has 1 heterocycles. The zero-order valence-electron chi connectivity index (χ0n) is 24.8. The first-order valence-corrected chi connectivity index (χ1v) is 15.2. The molecule has 0 aliphatic heterocycles. The molecule has 0 fully saturated rings. The molecule has 0 unspecified atom stereocenters. The lowest BCUT2D eigenvalue weighted by molar-refractivity contribution is -0.140. The van der Waals surface area contributed by atoms with Gasteiger partial charge >= 0.3 is 5.97 Å². The van der Waals surface area contributed by atoms with Gasteiger partial charge in [-0.3, -0.25) is 4.79 Å². The van der Waals surface area contributed by atoms with Gasteiger partial charge in [0.25, 0.3) is 11.8 Å². The van der Waals surface area contributed by atoms with Gasteiger partial charge in [-0.15, -0.1) is 0 Å². The molecule has 0 aliphatic rings. The Morgan fingerprint density at radius 1 is 0.829 bits per heavy atom. The normalized spacial score (nSPS) is 12.6. The van der Waals surface area contributed by atoms with Crippen molar-refractivity contribution in [3.05, 3.63) is 54.1 Å². The number of unbranched alkanes of at least 4 members (excludes halogenated alkanes) is 9. The van der Waals surface area contributed by atoms with Gasteiger partial charge in [0.2, 0.25) is 0 Å². The minimum Gasteiger partial charge on any atom is -0.480 e. The number of nitrogens with one attached hydrogen (secondary N) is 2. The Labute approximate surface area is 244 Å². The van der Waals surface area contributed by atoms with Crippen molar-refractivity contribution in [2.24, 2.45) is 5.92 Å². The van der Waals surface area contributed by atoms with E-state index in [1.807, 2.05) is 38.1 Å². The van der Waals surface area contributed by atoms with Crippen molar-refractivity contribution in [2.45, 2.75) is 97.4 Å². The average molecular weight is 563 g/mol. The molecule has 0 bridgehead atoms. The summed E-state index contributed by atoms with van der Waals surface area (Å²) in [5.41, 5.74) is 1.87. The summed E-state index contributed by atoms with van der Waals surface area (Å²) in [5.74, 6) is -0.203. The summed E-state index contributed by atoms with van der Waals surface area (Å²) in [6.07, 6.45) is 13.4. The van der Waals surface area contributed by atoms with Gasteiger partial charge in [0.15, 0.2) is 5.82 Å². The van der Waals surface area contributed by atoms with Crippen LogP contribution in [-0.2, 0) is 4.79 Å². The monoisotopic (exact) mass is 562 g/mol. The molecule has 0 aliphatic carbocycles. The summed E-state index contributed by atoms with van der Waals surface area (Å²) >= 11 is 0. The maximum Gasteiger partial charge on any atom is 0.326 e. The number of para-hydroxylation sites is 2. The lowest BCUT2D eigenvalue weighted by atomic mass is 9.99. The molecule has 2 aromatic carbocycles. The summed E-state index contributed by atoms with van der Waals surface area (Å²) in [7, 11) is 0. The number of carbonyl (C=O) groups excluding carboxylic acids is 1. The number of anilines is 1. The SMILES string of the molecule is CCCCCCCCCCCCNc1nc2ccccc2nc1Oc1ccc(C(=O)N[C@H](C(=O)O)[C@H](C)CC)cc1. The van der Waals surface area contributed by atoms with Gasteiger partial charge in [-0.1, -0.05) is 97.1 Å². The van der Waals surface area contributed by atoms with Crippen LogP contribution in [0.15, 0.2) is 48.5 Å². The van der Waals surface area contributed by atoms with Gasteiger partial charge in [-0.05, 0) is 48.7 Å². The third-order valence-electron chi connectivity index (χ3n) is 7.46. The highest BCUT2D eigenvalue weighted by atomic mass is 16.5. The maximum atomic E-state index is 12.7. The van der Waals surface area contributed by atoms with E-state index in [9.17, 15) is 14.7 Å². The fourth-order valence-electron chi connectivity index (χ4n) is 4.68. The van der Waals surface area contributed by atoms with Gasteiger partial charge in [-0.25, -0.2) is 14.8 Å². The first-order chi connectivity index (χ1) is 19.9. The topological polar surface area (TPSA) is 113 Å². The summed E-state index contributed by atoms with van der Waals surface area (Å²) in [5, 5.41) is 15.5. The van der Waals surface area contributed by atoms with E-state index in [1.54, 1.807) is 24.3 Å². The molecule has 0 radical (unpaired) electrons. The van der Waals surface area contributed by atoms with Crippen LogP contribution >= 0.6 is 0 Å². The minimum atomic E-state index is -1.04. The van der Waals surface area contributed by atoms with Crippen LogP contribution in [0.5, 0.6) is 11.6 Å². The number of carboxylic acids is 1. The smallest absolute Gasteiger partial charge is 0.326 e. The second kappa shape index (κ2) is 17.2. The highest BCUT2D eigenvalue weighted by Crippen LogP contribution is 2.29. The van der Waals surface area contributed by atoms with Crippen LogP contribution in [0.2, 0.25) is 0 Å². The van der Waals surface area contributed by atoms with E-state index in [0.717, 1.165) is 24.0 Å². The third-order valence-corrected chi connectivity index (χ3v) is 7.46. The van der Waals surface area contributed by atoms with Crippen molar-refractivity contribution < 1.29 is 19.4 Å². The Morgan fingerprint density at radius 3 is 2.00 bits per heavy atom. The highest BCUT2D eigenvalue weighted by Gasteiger charge is 2.25. The first kappa shape index (κ1) is 31.8. The van der Waals surface area contributed by atoms with E-state index < -0.39 is 17.9 Å². The maximum absolute atomic E-state index is 12.7. The van der Waals surface area contributed by atoms with E-state index in [2.05, 4.69) is 17.6 Å². The van der Waals surface area contributed by atoms with Gasteiger partial charge in [0.05, 0.1) is 11.0 Å². The van der Waals surface area contributed by atoms with Gasteiger partial charge < -0.3 is 20.5 Å². The molecule has 41 heavy (non-hydrogen) atoms. The lowest BCUT2D eigenvalue weighted by Gasteiger charge is -2.20. The van der Waals surface area contributed by atoms with Crippen LogP contribution in [0.1, 0.15) is 102 Å². The molecule has 222 valence electrons. The molecule has 8 nitrogen and oxygen atoms in total. The van der Waals surface area contributed by atoms with E-state index in [4.69, 9.17) is 14.7 Å². The average Bonchev–Trinajstić information content (AvgIpc) is 2.98. The van der Waals surface area contributed by atoms with Crippen molar-refractivity contribution in [2.75, 3.05) is 11.9 Å². The predicted octanol–water partition coefficient (Wildman–Crippen LogP) is 7.98. The van der Waals surface area contributed by atoms with Crippen LogP contribution in [-0.4, -0.2) is 39.5 Å². The number of amides is 1. The molecule has 8 heteroatoms. The first-order valence-electron chi connectivity index (χ1n) is 15.2. The number of hydrogen-bond acceptors (Lipinski definition) is 6. The number of carbonyl (C=O) groups is 2. The van der Waals surface area contributed by atoms with E-state index in [0.29, 0.717) is 29.4 Å². The number of hydrogen-bond donors (Lipinski definition) is 3. The molecule has 2 atom stereocenters. The molecule has 1 amide bonds. The molecule has 0 saturated carbocycles. The second-order valence-corrected chi connectivity index (χ2v) is 10.8. The summed E-state index contributed by atoms with van der Waals surface area (Å²) in [6, 6.07) is 13.3. The molecule has 3 N–H and O–H groups in total. The number of aromatic nitrogens is 2.